The normalized spacial score (nSPS) is 10.9. The van der Waals surface area contributed by atoms with Crippen LogP contribution in [0.5, 0.6) is 0 Å². The molecule has 1 aromatic heterocycles. The van der Waals surface area contributed by atoms with Crippen molar-refractivity contribution < 1.29 is 0 Å². The Bertz CT molecular complexity index is 549. The molecule has 0 amide bonds. The lowest BCUT2D eigenvalue weighted by Gasteiger charge is -2.08. The van der Waals surface area contributed by atoms with Gasteiger partial charge >= 0.3 is 0 Å². The Morgan fingerprint density at radius 2 is 2.12 bits per heavy atom. The molecule has 0 bridgehead atoms. The summed E-state index contributed by atoms with van der Waals surface area (Å²) in [7, 11) is 0. The third kappa shape index (κ3) is 2.48. The van der Waals surface area contributed by atoms with E-state index >= 15 is 0 Å². The van der Waals surface area contributed by atoms with Gasteiger partial charge in [0.15, 0.2) is 0 Å². The molecule has 0 spiro atoms. The topological polar surface area (TPSA) is 9.29 Å². The number of fused-ring (bicyclic) bond motifs is 1. The van der Waals surface area contributed by atoms with E-state index in [0.717, 1.165) is 5.75 Å². The number of thioether (sulfide) groups is 1. The number of hydrogen-bond acceptors (Lipinski definition) is 1. The van der Waals surface area contributed by atoms with Crippen LogP contribution in [0, 0.1) is 6.57 Å². The van der Waals surface area contributed by atoms with Crippen LogP contribution in [-0.2, 0) is 0 Å². The molecule has 0 radical (unpaired) electrons. The second-order valence-corrected chi connectivity index (χ2v) is 5.38. The second-order valence-electron chi connectivity index (χ2n) is 4.24. The molecule has 3 heteroatoms. The van der Waals surface area contributed by atoms with E-state index in [9.17, 15) is 0 Å². The van der Waals surface area contributed by atoms with Crippen molar-refractivity contribution in [3.63, 3.8) is 0 Å². The molecule has 0 N–H and O–H groups in total. The van der Waals surface area contributed by atoms with Crippen molar-refractivity contribution in [3.8, 4) is 0 Å². The lowest BCUT2D eigenvalue weighted by Crippen LogP contribution is -1.97. The van der Waals surface area contributed by atoms with E-state index in [0.29, 0.717) is 12.6 Å². The smallest absolute Gasteiger partial charge is 0.223 e. The second kappa shape index (κ2) is 5.29. The molecule has 2 aromatic rings. The summed E-state index contributed by atoms with van der Waals surface area (Å²) in [6, 6.07) is 8.94. The molecule has 0 aliphatic carbocycles. The molecule has 0 fully saturated rings. The Hall–Kier alpha value is -1.40. The molecule has 88 valence electrons. The minimum absolute atomic E-state index is 0.468. The molecular weight excluding hydrogens is 228 g/mol. The van der Waals surface area contributed by atoms with E-state index in [4.69, 9.17) is 6.57 Å². The van der Waals surface area contributed by atoms with Crippen LogP contribution in [0.3, 0.4) is 0 Å². The van der Waals surface area contributed by atoms with Crippen molar-refractivity contribution in [2.24, 2.45) is 0 Å². The zero-order valence-corrected chi connectivity index (χ0v) is 11.0. The van der Waals surface area contributed by atoms with Crippen molar-refractivity contribution in [1.29, 1.82) is 0 Å². The van der Waals surface area contributed by atoms with E-state index in [1.54, 1.807) is 11.8 Å². The van der Waals surface area contributed by atoms with Crippen molar-refractivity contribution in [1.82, 2.24) is 4.57 Å². The maximum atomic E-state index is 6.81. The maximum absolute atomic E-state index is 6.81. The highest BCUT2D eigenvalue weighted by Gasteiger charge is 2.10. The number of aromatic nitrogens is 1. The highest BCUT2D eigenvalue weighted by atomic mass is 32.2. The van der Waals surface area contributed by atoms with Crippen LogP contribution in [0.15, 0.2) is 35.4 Å². The Balaban J connectivity index is 2.39. The van der Waals surface area contributed by atoms with Crippen LogP contribution < -0.4 is 0 Å². The molecule has 2 nitrogen and oxygen atoms in total. The summed E-state index contributed by atoms with van der Waals surface area (Å²) < 4.78 is 2.30. The molecule has 0 saturated heterocycles. The van der Waals surface area contributed by atoms with E-state index < -0.39 is 0 Å². The van der Waals surface area contributed by atoms with Crippen LogP contribution in [0.1, 0.15) is 19.9 Å². The lowest BCUT2D eigenvalue weighted by molar-refractivity contribution is 0.620. The highest BCUT2D eigenvalue weighted by molar-refractivity contribution is 7.99. The predicted molar refractivity (Wildman–Crippen MR) is 74.5 cm³/mol. The summed E-state index contributed by atoms with van der Waals surface area (Å²) in [5, 5.41) is 1.30. The van der Waals surface area contributed by atoms with Gasteiger partial charge in [0.25, 0.3) is 0 Å². The average Bonchev–Trinajstić information content (AvgIpc) is 2.69. The number of rotatable bonds is 4. The first-order chi connectivity index (χ1) is 8.24. The van der Waals surface area contributed by atoms with Crippen LogP contribution >= 0.6 is 11.8 Å². The van der Waals surface area contributed by atoms with Gasteiger partial charge in [-0.2, -0.15) is 0 Å². The Labute approximate surface area is 106 Å². The highest BCUT2D eigenvalue weighted by Crippen LogP contribution is 2.31. The van der Waals surface area contributed by atoms with Gasteiger partial charge in [-0.25, -0.2) is 6.57 Å². The third-order valence-corrected chi connectivity index (χ3v) is 3.74. The summed E-state index contributed by atoms with van der Waals surface area (Å²) in [6.45, 7) is 11.8. The molecule has 0 atom stereocenters. The number of nitrogens with zero attached hydrogens (tertiary/aromatic N) is 2. The predicted octanol–water partition coefficient (Wildman–Crippen LogP) is 4.23. The quantitative estimate of drug-likeness (QED) is 0.444. The summed E-state index contributed by atoms with van der Waals surface area (Å²) in [5.74, 6) is 0.871. The summed E-state index contributed by atoms with van der Waals surface area (Å²) in [4.78, 5) is 4.68. The molecule has 1 heterocycles. The minimum Gasteiger partial charge on any atom is -0.344 e. The van der Waals surface area contributed by atoms with Crippen LogP contribution in [0.25, 0.3) is 15.7 Å². The van der Waals surface area contributed by atoms with Gasteiger partial charge in [-0.15, -0.1) is 11.8 Å². The Morgan fingerprint density at radius 1 is 1.35 bits per heavy atom. The van der Waals surface area contributed by atoms with E-state index in [1.165, 1.54) is 15.8 Å². The zero-order chi connectivity index (χ0) is 12.3. The molecule has 0 aliphatic rings. The molecule has 0 aliphatic heterocycles. The third-order valence-electron chi connectivity index (χ3n) is 2.72. The minimum atomic E-state index is 0.468. The fraction of sp³-hybridized carbons (Fsp3) is 0.357. The molecule has 17 heavy (non-hydrogen) atoms. The first kappa shape index (κ1) is 12.1. The lowest BCUT2D eigenvalue weighted by atomic mass is 10.2. The Kier molecular flexibility index (Phi) is 3.75. The van der Waals surface area contributed by atoms with Crippen LogP contribution in [-0.4, -0.2) is 16.9 Å². The van der Waals surface area contributed by atoms with Crippen LogP contribution in [0.4, 0.5) is 0 Å². The SMILES string of the molecule is [C-]#[N+]CCSc1cn(C(C)C)c2ccccc12. The van der Waals surface area contributed by atoms with Gasteiger partial charge in [0, 0.05) is 28.0 Å². The molecular formula is C14H16N2S. The van der Waals surface area contributed by atoms with Gasteiger partial charge in [0.05, 0.1) is 5.75 Å². The summed E-state index contributed by atoms with van der Waals surface area (Å²) in [6.07, 6.45) is 2.21. The van der Waals surface area contributed by atoms with Crippen molar-refractivity contribution in [2.45, 2.75) is 24.8 Å². The monoisotopic (exact) mass is 244 g/mol. The standard InChI is InChI=1S/C14H16N2S/c1-11(2)16-10-14(17-9-8-15-3)12-6-4-5-7-13(12)16/h4-7,10-11H,8-9H2,1-2H3. The number of para-hydroxylation sites is 1. The number of hydrogen-bond donors (Lipinski definition) is 0. The molecule has 2 rings (SSSR count). The summed E-state index contributed by atoms with van der Waals surface area (Å²) >= 11 is 1.78. The Morgan fingerprint density at radius 3 is 2.82 bits per heavy atom. The first-order valence-corrected chi connectivity index (χ1v) is 6.78. The fourth-order valence-corrected chi connectivity index (χ4v) is 2.83. The fourth-order valence-electron chi connectivity index (χ4n) is 1.92. The van der Waals surface area contributed by atoms with Crippen LogP contribution in [0.2, 0.25) is 0 Å². The van der Waals surface area contributed by atoms with Crippen molar-refractivity contribution in [2.75, 3.05) is 12.3 Å². The summed E-state index contributed by atoms with van der Waals surface area (Å²) in [5.41, 5.74) is 1.29. The van der Waals surface area contributed by atoms with E-state index in [1.807, 2.05) is 0 Å². The van der Waals surface area contributed by atoms with Gasteiger partial charge < -0.3 is 9.41 Å². The van der Waals surface area contributed by atoms with Crippen molar-refractivity contribution >= 4 is 22.7 Å². The maximum Gasteiger partial charge on any atom is 0.223 e. The van der Waals surface area contributed by atoms with E-state index in [2.05, 4.69) is 53.7 Å². The largest absolute Gasteiger partial charge is 0.344 e. The van der Waals surface area contributed by atoms with Crippen molar-refractivity contribution in [3.05, 3.63) is 41.9 Å². The van der Waals surface area contributed by atoms with Gasteiger partial charge in [0.1, 0.15) is 0 Å². The van der Waals surface area contributed by atoms with Gasteiger partial charge in [0.2, 0.25) is 6.54 Å². The molecule has 1 aromatic carbocycles. The van der Waals surface area contributed by atoms with Gasteiger partial charge in [-0.05, 0) is 19.9 Å². The molecule has 0 saturated carbocycles. The van der Waals surface area contributed by atoms with E-state index in [-0.39, 0.29) is 0 Å². The number of benzene rings is 1. The molecule has 0 unspecified atom stereocenters. The van der Waals surface area contributed by atoms with Gasteiger partial charge in [-0.1, -0.05) is 18.2 Å². The first-order valence-electron chi connectivity index (χ1n) is 5.79. The zero-order valence-electron chi connectivity index (χ0n) is 10.2. The average molecular weight is 244 g/mol. The van der Waals surface area contributed by atoms with Gasteiger partial charge in [-0.3, -0.25) is 0 Å².